The van der Waals surface area contributed by atoms with Gasteiger partial charge < -0.3 is 15.0 Å². The van der Waals surface area contributed by atoms with Crippen molar-refractivity contribution in [3.05, 3.63) is 55.1 Å². The first kappa shape index (κ1) is 17.0. The molecule has 1 saturated heterocycles. The van der Waals surface area contributed by atoms with Crippen molar-refractivity contribution < 1.29 is 14.3 Å². The van der Waals surface area contributed by atoms with Gasteiger partial charge in [0.25, 0.3) is 5.91 Å². The summed E-state index contributed by atoms with van der Waals surface area (Å²) in [4.78, 5) is 26.1. The number of benzene rings is 1. The van der Waals surface area contributed by atoms with Gasteiger partial charge in [0.2, 0.25) is 5.91 Å². The summed E-state index contributed by atoms with van der Waals surface area (Å²) in [5, 5.41) is 2.85. The minimum atomic E-state index is -0.0909. The van der Waals surface area contributed by atoms with E-state index in [9.17, 15) is 9.59 Å². The number of carbonyl (C=O) groups excluding carboxylic acids is 2. The molecular weight excluding hydrogens is 292 g/mol. The molecule has 0 bridgehead atoms. The van der Waals surface area contributed by atoms with Crippen LogP contribution >= 0.6 is 0 Å². The number of rotatable bonds is 7. The Morgan fingerprint density at radius 3 is 2.39 bits per heavy atom. The van der Waals surface area contributed by atoms with Crippen molar-refractivity contribution in [1.29, 1.82) is 0 Å². The average Bonchev–Trinajstić information content (AvgIpc) is 3.09. The summed E-state index contributed by atoms with van der Waals surface area (Å²) in [6.07, 6.45) is 4.11. The topological polar surface area (TPSA) is 58.6 Å². The molecule has 1 aromatic carbocycles. The van der Waals surface area contributed by atoms with Crippen molar-refractivity contribution in [2.24, 2.45) is 5.92 Å². The van der Waals surface area contributed by atoms with Gasteiger partial charge in [0.05, 0.1) is 12.5 Å². The van der Waals surface area contributed by atoms with Crippen molar-refractivity contribution in [2.45, 2.75) is 6.42 Å². The van der Waals surface area contributed by atoms with E-state index < -0.39 is 0 Å². The van der Waals surface area contributed by atoms with Crippen LogP contribution in [0.1, 0.15) is 16.8 Å². The lowest BCUT2D eigenvalue weighted by molar-refractivity contribution is -0.119. The third kappa shape index (κ3) is 4.53. The fourth-order valence-electron chi connectivity index (χ4n) is 2.42. The predicted octanol–water partition coefficient (Wildman–Crippen LogP) is 2.48. The van der Waals surface area contributed by atoms with Gasteiger partial charge in [0.1, 0.15) is 0 Å². The Balaban J connectivity index is 2.00. The molecule has 1 aliphatic heterocycles. The largest absolute Gasteiger partial charge is 0.381 e. The molecule has 0 aliphatic carbocycles. The molecule has 2 rings (SSSR count). The zero-order chi connectivity index (χ0) is 16.7. The van der Waals surface area contributed by atoms with Crippen LogP contribution in [0.4, 0.5) is 5.69 Å². The monoisotopic (exact) mass is 314 g/mol. The van der Waals surface area contributed by atoms with Crippen LogP contribution in [0.5, 0.6) is 0 Å². The van der Waals surface area contributed by atoms with Gasteiger partial charge in [-0.25, -0.2) is 0 Å². The highest BCUT2D eigenvalue weighted by Gasteiger charge is 2.23. The Kier molecular flexibility index (Phi) is 6.11. The standard InChI is InChI=1S/C18H22N2O3/c1-3-10-20(11-4-2)18(22)14-5-7-16(8-6-14)19-17(21)15-9-12-23-13-15/h3-8,15H,1-2,9-13H2,(H,19,21). The van der Waals surface area contributed by atoms with Gasteiger partial charge in [0, 0.05) is 30.9 Å². The first-order valence-corrected chi connectivity index (χ1v) is 7.65. The number of ether oxygens (including phenoxy) is 1. The number of nitrogens with zero attached hydrogens (tertiary/aromatic N) is 1. The van der Waals surface area contributed by atoms with Crippen molar-refractivity contribution >= 4 is 17.5 Å². The molecule has 1 fully saturated rings. The van der Waals surface area contributed by atoms with Gasteiger partial charge in [-0.3, -0.25) is 9.59 Å². The Bertz CT molecular complexity index is 564. The first-order valence-electron chi connectivity index (χ1n) is 7.65. The van der Waals surface area contributed by atoms with E-state index in [4.69, 9.17) is 4.74 Å². The third-order valence-electron chi connectivity index (χ3n) is 3.69. The lowest BCUT2D eigenvalue weighted by atomic mass is 10.1. The van der Waals surface area contributed by atoms with E-state index in [1.165, 1.54) is 0 Å². The number of nitrogens with one attached hydrogen (secondary N) is 1. The Morgan fingerprint density at radius 2 is 1.87 bits per heavy atom. The van der Waals surface area contributed by atoms with E-state index in [-0.39, 0.29) is 17.7 Å². The summed E-state index contributed by atoms with van der Waals surface area (Å²) in [7, 11) is 0. The molecule has 5 nitrogen and oxygen atoms in total. The van der Waals surface area contributed by atoms with E-state index in [0.717, 1.165) is 6.42 Å². The fourth-order valence-corrected chi connectivity index (χ4v) is 2.42. The number of amides is 2. The zero-order valence-electron chi connectivity index (χ0n) is 13.2. The molecule has 0 saturated carbocycles. The van der Waals surface area contributed by atoms with E-state index >= 15 is 0 Å². The molecule has 0 radical (unpaired) electrons. The molecule has 23 heavy (non-hydrogen) atoms. The second-order valence-corrected chi connectivity index (χ2v) is 5.41. The minimum absolute atomic E-state index is 0.0403. The average molecular weight is 314 g/mol. The van der Waals surface area contributed by atoms with E-state index in [1.807, 2.05) is 0 Å². The highest BCUT2D eigenvalue weighted by molar-refractivity contribution is 5.96. The highest BCUT2D eigenvalue weighted by atomic mass is 16.5. The lowest BCUT2D eigenvalue weighted by Crippen LogP contribution is -2.31. The Hall–Kier alpha value is -2.40. The Labute approximate surface area is 136 Å². The Morgan fingerprint density at radius 1 is 1.22 bits per heavy atom. The molecule has 1 aromatic rings. The highest BCUT2D eigenvalue weighted by Crippen LogP contribution is 2.17. The number of carbonyl (C=O) groups is 2. The normalized spacial score (nSPS) is 16.6. The van der Waals surface area contributed by atoms with Crippen LogP contribution < -0.4 is 5.32 Å². The van der Waals surface area contributed by atoms with Gasteiger partial charge in [-0.1, -0.05) is 12.2 Å². The second-order valence-electron chi connectivity index (χ2n) is 5.41. The van der Waals surface area contributed by atoms with E-state index in [2.05, 4.69) is 18.5 Å². The van der Waals surface area contributed by atoms with Crippen LogP contribution in [0.3, 0.4) is 0 Å². The van der Waals surface area contributed by atoms with Crippen LogP contribution in [0.25, 0.3) is 0 Å². The molecule has 1 atom stereocenters. The predicted molar refractivity (Wildman–Crippen MR) is 90.3 cm³/mol. The molecule has 2 amide bonds. The van der Waals surface area contributed by atoms with Crippen LogP contribution in [0.2, 0.25) is 0 Å². The van der Waals surface area contributed by atoms with Crippen molar-refractivity contribution in [3.8, 4) is 0 Å². The third-order valence-corrected chi connectivity index (χ3v) is 3.69. The summed E-state index contributed by atoms with van der Waals surface area (Å²) in [5.41, 5.74) is 1.24. The molecule has 1 unspecified atom stereocenters. The van der Waals surface area contributed by atoms with Crippen LogP contribution in [-0.2, 0) is 9.53 Å². The maximum atomic E-state index is 12.4. The van der Waals surface area contributed by atoms with E-state index in [0.29, 0.717) is 37.6 Å². The van der Waals surface area contributed by atoms with Gasteiger partial charge in [-0.05, 0) is 30.7 Å². The summed E-state index contributed by atoms with van der Waals surface area (Å²) in [6.45, 7) is 9.35. The van der Waals surface area contributed by atoms with Crippen LogP contribution in [-0.4, -0.2) is 43.0 Å². The minimum Gasteiger partial charge on any atom is -0.381 e. The number of anilines is 1. The summed E-state index contributed by atoms with van der Waals surface area (Å²) < 4.78 is 5.21. The first-order chi connectivity index (χ1) is 11.2. The van der Waals surface area contributed by atoms with E-state index in [1.54, 1.807) is 41.3 Å². The number of hydrogen-bond donors (Lipinski definition) is 1. The maximum absolute atomic E-state index is 12.4. The molecular formula is C18H22N2O3. The fraction of sp³-hybridized carbons (Fsp3) is 0.333. The van der Waals surface area contributed by atoms with Crippen molar-refractivity contribution in [3.63, 3.8) is 0 Å². The molecule has 1 heterocycles. The lowest BCUT2D eigenvalue weighted by Gasteiger charge is -2.19. The molecule has 1 aliphatic rings. The molecule has 0 spiro atoms. The van der Waals surface area contributed by atoms with Gasteiger partial charge >= 0.3 is 0 Å². The van der Waals surface area contributed by atoms with Gasteiger partial charge in [-0.2, -0.15) is 0 Å². The smallest absolute Gasteiger partial charge is 0.254 e. The summed E-state index contributed by atoms with van der Waals surface area (Å²) in [6, 6.07) is 6.90. The molecule has 122 valence electrons. The zero-order valence-corrected chi connectivity index (χ0v) is 13.2. The maximum Gasteiger partial charge on any atom is 0.254 e. The van der Waals surface area contributed by atoms with Crippen molar-refractivity contribution in [2.75, 3.05) is 31.6 Å². The molecule has 5 heteroatoms. The van der Waals surface area contributed by atoms with Crippen LogP contribution in [0, 0.1) is 5.92 Å². The summed E-state index contributed by atoms with van der Waals surface area (Å²) >= 11 is 0. The van der Waals surface area contributed by atoms with Gasteiger partial charge in [-0.15, -0.1) is 13.2 Å². The molecule has 0 aromatic heterocycles. The van der Waals surface area contributed by atoms with Crippen LogP contribution in [0.15, 0.2) is 49.6 Å². The second kappa shape index (κ2) is 8.29. The number of hydrogen-bond acceptors (Lipinski definition) is 3. The summed E-state index contributed by atoms with van der Waals surface area (Å²) in [5.74, 6) is -0.222. The quantitative estimate of drug-likeness (QED) is 0.787. The van der Waals surface area contributed by atoms with Gasteiger partial charge in [0.15, 0.2) is 0 Å². The SMILES string of the molecule is C=CCN(CC=C)C(=O)c1ccc(NC(=O)C2CCOC2)cc1. The van der Waals surface area contributed by atoms with Crippen molar-refractivity contribution in [1.82, 2.24) is 4.90 Å². The molecule has 1 N–H and O–H groups in total.